The smallest absolute Gasteiger partial charge is 0.322 e. The molecule has 0 aliphatic carbocycles. The van der Waals surface area contributed by atoms with Crippen LogP contribution in [-0.2, 0) is 4.74 Å². The van der Waals surface area contributed by atoms with Crippen LogP contribution in [0.15, 0.2) is 18.2 Å². The number of amides is 2. The minimum absolute atomic E-state index is 0.205. The predicted molar refractivity (Wildman–Crippen MR) is 67.9 cm³/mol. The highest BCUT2D eigenvalue weighted by molar-refractivity contribution is 6.39. The number of benzene rings is 1. The third kappa shape index (κ3) is 3.03. The molecule has 0 radical (unpaired) electrons. The number of carbonyl (C=O) groups is 1. The van der Waals surface area contributed by atoms with E-state index in [1.807, 2.05) is 0 Å². The van der Waals surface area contributed by atoms with Crippen LogP contribution in [-0.4, -0.2) is 37.2 Å². The molecule has 4 nitrogen and oxygen atoms in total. The van der Waals surface area contributed by atoms with Crippen molar-refractivity contribution in [2.24, 2.45) is 0 Å². The first-order chi connectivity index (χ1) is 8.18. The zero-order valence-corrected chi connectivity index (χ0v) is 10.6. The molecule has 1 heterocycles. The van der Waals surface area contributed by atoms with Crippen molar-refractivity contribution in [2.75, 3.05) is 31.6 Å². The summed E-state index contributed by atoms with van der Waals surface area (Å²) in [6.45, 7) is 2.27. The molecule has 17 heavy (non-hydrogen) atoms. The van der Waals surface area contributed by atoms with E-state index in [9.17, 15) is 4.79 Å². The fourth-order valence-corrected chi connectivity index (χ4v) is 2.06. The largest absolute Gasteiger partial charge is 0.378 e. The van der Waals surface area contributed by atoms with Crippen molar-refractivity contribution in [2.45, 2.75) is 0 Å². The maximum atomic E-state index is 11.9. The minimum Gasteiger partial charge on any atom is -0.378 e. The number of hydrogen-bond acceptors (Lipinski definition) is 2. The van der Waals surface area contributed by atoms with Crippen LogP contribution in [0.4, 0.5) is 10.5 Å². The molecule has 0 spiro atoms. The maximum Gasteiger partial charge on any atom is 0.322 e. The van der Waals surface area contributed by atoms with Gasteiger partial charge >= 0.3 is 6.03 Å². The van der Waals surface area contributed by atoms with Gasteiger partial charge in [-0.1, -0.05) is 29.3 Å². The van der Waals surface area contributed by atoms with Crippen molar-refractivity contribution in [3.05, 3.63) is 28.2 Å². The van der Waals surface area contributed by atoms with Crippen LogP contribution in [0.1, 0.15) is 0 Å². The Hall–Kier alpha value is -0.970. The van der Waals surface area contributed by atoms with Gasteiger partial charge in [0.2, 0.25) is 0 Å². The van der Waals surface area contributed by atoms with Gasteiger partial charge in [0.25, 0.3) is 0 Å². The maximum absolute atomic E-state index is 11.9. The number of urea groups is 1. The molecule has 1 N–H and O–H groups in total. The molecule has 0 aromatic heterocycles. The highest BCUT2D eigenvalue weighted by Gasteiger charge is 2.18. The quantitative estimate of drug-likeness (QED) is 0.856. The fourth-order valence-electron chi connectivity index (χ4n) is 1.57. The van der Waals surface area contributed by atoms with Crippen LogP contribution < -0.4 is 5.32 Å². The van der Waals surface area contributed by atoms with Gasteiger partial charge in [-0.2, -0.15) is 0 Å². The van der Waals surface area contributed by atoms with Crippen molar-refractivity contribution >= 4 is 34.9 Å². The highest BCUT2D eigenvalue weighted by atomic mass is 35.5. The standard InChI is InChI=1S/C11H12Cl2N2O2/c12-8-2-1-3-9(13)10(8)14-11(16)15-4-6-17-7-5-15/h1-3H,4-7H2,(H,14,16). The molecule has 2 rings (SSSR count). The molecule has 1 aliphatic rings. The number of morpholine rings is 1. The van der Waals surface area contributed by atoms with Crippen LogP contribution in [0.5, 0.6) is 0 Å². The monoisotopic (exact) mass is 274 g/mol. The van der Waals surface area contributed by atoms with E-state index in [1.54, 1.807) is 23.1 Å². The highest BCUT2D eigenvalue weighted by Crippen LogP contribution is 2.29. The van der Waals surface area contributed by atoms with E-state index in [0.29, 0.717) is 42.0 Å². The third-order valence-corrected chi connectivity index (χ3v) is 3.12. The molecule has 0 bridgehead atoms. The van der Waals surface area contributed by atoms with Crippen LogP contribution in [0, 0.1) is 0 Å². The number of ether oxygens (including phenoxy) is 1. The number of anilines is 1. The number of halogens is 2. The van der Waals surface area contributed by atoms with E-state index in [4.69, 9.17) is 27.9 Å². The average Bonchev–Trinajstić information content (AvgIpc) is 2.35. The molecule has 2 amide bonds. The van der Waals surface area contributed by atoms with Gasteiger partial charge in [-0.3, -0.25) is 0 Å². The van der Waals surface area contributed by atoms with Crippen LogP contribution in [0.2, 0.25) is 10.0 Å². The van der Waals surface area contributed by atoms with Gasteiger partial charge in [0.05, 0.1) is 28.9 Å². The second-order valence-corrected chi connectivity index (χ2v) is 4.44. The van der Waals surface area contributed by atoms with E-state index in [-0.39, 0.29) is 6.03 Å². The lowest BCUT2D eigenvalue weighted by atomic mass is 10.3. The Bertz CT molecular complexity index is 400. The normalized spacial score (nSPS) is 15.8. The van der Waals surface area contributed by atoms with E-state index in [0.717, 1.165) is 0 Å². The lowest BCUT2D eigenvalue weighted by Gasteiger charge is -2.27. The summed E-state index contributed by atoms with van der Waals surface area (Å²) in [7, 11) is 0. The molecule has 1 aliphatic heterocycles. The number of rotatable bonds is 1. The molecule has 1 aromatic carbocycles. The first-order valence-corrected chi connectivity index (χ1v) is 6.02. The molecule has 1 saturated heterocycles. The van der Waals surface area contributed by atoms with Crippen molar-refractivity contribution in [1.82, 2.24) is 4.90 Å². The van der Waals surface area contributed by atoms with Crippen molar-refractivity contribution in [1.29, 1.82) is 0 Å². The fraction of sp³-hybridized carbons (Fsp3) is 0.364. The first-order valence-electron chi connectivity index (χ1n) is 5.26. The summed E-state index contributed by atoms with van der Waals surface area (Å²) >= 11 is 11.9. The van der Waals surface area contributed by atoms with Crippen molar-refractivity contribution < 1.29 is 9.53 Å². The van der Waals surface area contributed by atoms with Gasteiger partial charge in [-0.25, -0.2) is 4.79 Å². The Balaban J connectivity index is 2.07. The molecule has 0 saturated carbocycles. The van der Waals surface area contributed by atoms with E-state index in [1.165, 1.54) is 0 Å². The van der Waals surface area contributed by atoms with Crippen molar-refractivity contribution in [3.63, 3.8) is 0 Å². The van der Waals surface area contributed by atoms with E-state index in [2.05, 4.69) is 5.32 Å². The lowest BCUT2D eigenvalue weighted by molar-refractivity contribution is 0.0564. The molecule has 0 unspecified atom stereocenters. The molecular formula is C11H12Cl2N2O2. The Morgan fingerprint density at radius 2 is 1.82 bits per heavy atom. The van der Waals surface area contributed by atoms with Gasteiger partial charge in [0.1, 0.15) is 0 Å². The molecule has 0 atom stereocenters. The Labute approximate surface area is 109 Å². The van der Waals surface area contributed by atoms with Crippen LogP contribution >= 0.6 is 23.2 Å². The van der Waals surface area contributed by atoms with Crippen LogP contribution in [0.25, 0.3) is 0 Å². The Kier molecular flexibility index (Phi) is 4.10. The Morgan fingerprint density at radius 1 is 1.24 bits per heavy atom. The summed E-state index contributed by atoms with van der Waals surface area (Å²) < 4.78 is 5.17. The van der Waals surface area contributed by atoms with Gasteiger partial charge < -0.3 is 15.0 Å². The predicted octanol–water partition coefficient (Wildman–Crippen LogP) is 2.86. The van der Waals surface area contributed by atoms with E-state index < -0.39 is 0 Å². The zero-order valence-electron chi connectivity index (χ0n) is 9.08. The summed E-state index contributed by atoms with van der Waals surface area (Å²) in [6.07, 6.45) is 0. The van der Waals surface area contributed by atoms with Crippen LogP contribution in [0.3, 0.4) is 0 Å². The second kappa shape index (κ2) is 5.58. The molecule has 6 heteroatoms. The summed E-state index contributed by atoms with van der Waals surface area (Å²) in [5, 5.41) is 3.58. The van der Waals surface area contributed by atoms with Gasteiger partial charge in [-0.05, 0) is 12.1 Å². The number of hydrogen-bond donors (Lipinski definition) is 1. The molecule has 1 aromatic rings. The van der Waals surface area contributed by atoms with Gasteiger partial charge in [0.15, 0.2) is 0 Å². The van der Waals surface area contributed by atoms with Gasteiger partial charge in [0, 0.05) is 13.1 Å². The molecular weight excluding hydrogens is 263 g/mol. The SMILES string of the molecule is O=C(Nc1c(Cl)cccc1Cl)N1CCOCC1. The second-order valence-electron chi connectivity index (χ2n) is 3.63. The third-order valence-electron chi connectivity index (χ3n) is 2.49. The number of nitrogens with zero attached hydrogens (tertiary/aromatic N) is 1. The lowest BCUT2D eigenvalue weighted by Crippen LogP contribution is -2.43. The average molecular weight is 275 g/mol. The van der Waals surface area contributed by atoms with E-state index >= 15 is 0 Å². The summed E-state index contributed by atoms with van der Waals surface area (Å²) in [6, 6.07) is 4.89. The zero-order chi connectivity index (χ0) is 12.3. The molecule has 1 fully saturated rings. The number of carbonyl (C=O) groups excluding carboxylic acids is 1. The van der Waals surface area contributed by atoms with Gasteiger partial charge in [-0.15, -0.1) is 0 Å². The minimum atomic E-state index is -0.205. The van der Waals surface area contributed by atoms with Crippen molar-refractivity contribution in [3.8, 4) is 0 Å². The molecule has 92 valence electrons. The Morgan fingerprint density at radius 3 is 2.41 bits per heavy atom. The number of nitrogens with one attached hydrogen (secondary N) is 1. The topological polar surface area (TPSA) is 41.6 Å². The summed E-state index contributed by atoms with van der Waals surface area (Å²) in [5.74, 6) is 0. The first kappa shape index (κ1) is 12.5. The summed E-state index contributed by atoms with van der Waals surface area (Å²) in [5.41, 5.74) is 0.451. The summed E-state index contributed by atoms with van der Waals surface area (Å²) in [4.78, 5) is 13.6. The number of para-hydroxylation sites is 1.